The van der Waals surface area contributed by atoms with Crippen LogP contribution in [0.2, 0.25) is 5.02 Å². The SMILES string of the molecule is O=C(O)c1ccn(C(=O)N2C[C@H]3C[C@H](OCc4ccccc4Cl)C[C@H]3C2)n1. The number of ether oxygens (including phenoxy) is 1. The normalized spacial score (nSPS) is 24.2. The molecule has 1 aliphatic heterocycles. The Balaban J connectivity index is 1.31. The lowest BCUT2D eigenvalue weighted by Gasteiger charge is -2.19. The van der Waals surface area contributed by atoms with Crippen molar-refractivity contribution in [2.45, 2.75) is 25.6 Å². The molecule has 7 nitrogen and oxygen atoms in total. The predicted molar refractivity (Wildman–Crippen MR) is 97.8 cm³/mol. The van der Waals surface area contributed by atoms with E-state index in [1.165, 1.54) is 12.3 Å². The van der Waals surface area contributed by atoms with Gasteiger partial charge in [0, 0.05) is 24.3 Å². The number of aromatic nitrogens is 2. The van der Waals surface area contributed by atoms with Gasteiger partial charge in [-0.15, -0.1) is 0 Å². The van der Waals surface area contributed by atoms with E-state index in [4.69, 9.17) is 21.4 Å². The van der Waals surface area contributed by atoms with Crippen LogP contribution >= 0.6 is 11.6 Å². The maximum atomic E-state index is 12.5. The van der Waals surface area contributed by atoms with Gasteiger partial charge in [-0.2, -0.15) is 9.78 Å². The number of halogens is 1. The van der Waals surface area contributed by atoms with Crippen LogP contribution < -0.4 is 0 Å². The largest absolute Gasteiger partial charge is 0.476 e. The van der Waals surface area contributed by atoms with E-state index >= 15 is 0 Å². The van der Waals surface area contributed by atoms with Gasteiger partial charge in [-0.05, 0) is 42.4 Å². The van der Waals surface area contributed by atoms with Crippen molar-refractivity contribution in [3.8, 4) is 0 Å². The quantitative estimate of drug-likeness (QED) is 0.868. The molecule has 2 fully saturated rings. The molecule has 2 aliphatic rings. The van der Waals surface area contributed by atoms with Crippen LogP contribution in [-0.4, -0.2) is 51.0 Å². The number of carbonyl (C=O) groups is 2. The second kappa shape index (κ2) is 7.32. The van der Waals surface area contributed by atoms with Crippen molar-refractivity contribution in [3.05, 3.63) is 52.8 Å². The molecular weight excluding hydrogens is 370 g/mol. The molecule has 0 radical (unpaired) electrons. The molecule has 1 N–H and O–H groups in total. The van der Waals surface area contributed by atoms with Gasteiger partial charge in [0.1, 0.15) is 0 Å². The minimum atomic E-state index is -1.14. The Hall–Kier alpha value is -2.38. The average molecular weight is 390 g/mol. The number of likely N-dealkylation sites (tertiary alicyclic amines) is 1. The Morgan fingerprint density at radius 2 is 1.89 bits per heavy atom. The summed E-state index contributed by atoms with van der Waals surface area (Å²) in [6, 6.07) is 8.73. The molecule has 0 spiro atoms. The first-order chi connectivity index (χ1) is 13.0. The van der Waals surface area contributed by atoms with Gasteiger partial charge in [-0.3, -0.25) is 0 Å². The first-order valence-corrected chi connectivity index (χ1v) is 9.32. The molecule has 1 saturated carbocycles. The molecular formula is C19H20ClN3O4. The lowest BCUT2D eigenvalue weighted by atomic mass is 10.0. The summed E-state index contributed by atoms with van der Waals surface area (Å²) in [5.74, 6) is -0.335. The average Bonchev–Trinajstić information content (AvgIpc) is 3.35. The zero-order valence-corrected chi connectivity index (χ0v) is 15.4. The van der Waals surface area contributed by atoms with Crippen LogP contribution in [0.15, 0.2) is 36.5 Å². The van der Waals surface area contributed by atoms with Gasteiger partial charge in [0.15, 0.2) is 5.69 Å². The van der Waals surface area contributed by atoms with Crippen molar-refractivity contribution >= 4 is 23.6 Å². The summed E-state index contributed by atoms with van der Waals surface area (Å²) in [5.41, 5.74) is 0.858. The van der Waals surface area contributed by atoms with Crippen LogP contribution in [-0.2, 0) is 11.3 Å². The van der Waals surface area contributed by atoms with Crippen LogP contribution in [0, 0.1) is 11.8 Å². The number of hydrogen-bond acceptors (Lipinski definition) is 4. The van der Waals surface area contributed by atoms with E-state index in [-0.39, 0.29) is 17.8 Å². The first kappa shape index (κ1) is 18.0. The van der Waals surface area contributed by atoms with E-state index in [1.807, 2.05) is 24.3 Å². The molecule has 1 amide bonds. The number of hydrogen-bond donors (Lipinski definition) is 1. The summed E-state index contributed by atoms with van der Waals surface area (Å²) >= 11 is 6.17. The standard InChI is InChI=1S/C19H20ClN3O4/c20-16-4-2-1-3-12(16)11-27-15-7-13-9-22(10-14(13)8-15)19(26)23-6-5-17(21-23)18(24)25/h1-6,13-15H,7-11H2,(H,24,25)/t13-,14+,15+. The van der Waals surface area contributed by atoms with Crippen LogP contribution in [0.3, 0.4) is 0 Å². The molecule has 3 atom stereocenters. The summed E-state index contributed by atoms with van der Waals surface area (Å²) < 4.78 is 7.15. The molecule has 1 aromatic heterocycles. The molecule has 1 saturated heterocycles. The fourth-order valence-electron chi connectivity index (χ4n) is 4.05. The van der Waals surface area contributed by atoms with E-state index in [0.717, 1.165) is 23.1 Å². The Labute approximate surface area is 161 Å². The molecule has 1 aliphatic carbocycles. The maximum absolute atomic E-state index is 12.5. The van der Waals surface area contributed by atoms with Gasteiger partial charge in [-0.25, -0.2) is 9.59 Å². The number of carbonyl (C=O) groups excluding carboxylic acids is 1. The molecule has 142 valence electrons. The summed E-state index contributed by atoms with van der Waals surface area (Å²) in [6.45, 7) is 1.80. The Bertz CT molecular complexity index is 854. The first-order valence-electron chi connectivity index (χ1n) is 8.94. The highest BCUT2D eigenvalue weighted by atomic mass is 35.5. The number of aromatic carboxylic acids is 1. The van der Waals surface area contributed by atoms with Crippen molar-refractivity contribution in [3.63, 3.8) is 0 Å². The van der Waals surface area contributed by atoms with Crippen molar-refractivity contribution in [2.24, 2.45) is 11.8 Å². The molecule has 0 unspecified atom stereocenters. The fraction of sp³-hybridized carbons (Fsp3) is 0.421. The van der Waals surface area contributed by atoms with E-state index in [1.54, 1.807) is 4.90 Å². The number of carboxylic acids is 1. The zero-order valence-electron chi connectivity index (χ0n) is 14.6. The summed E-state index contributed by atoms with van der Waals surface area (Å²) in [7, 11) is 0. The number of benzene rings is 1. The molecule has 8 heteroatoms. The van der Waals surface area contributed by atoms with Crippen molar-refractivity contribution in [1.29, 1.82) is 0 Å². The highest BCUT2D eigenvalue weighted by Gasteiger charge is 2.43. The fourth-order valence-corrected chi connectivity index (χ4v) is 4.24. The third-order valence-electron chi connectivity index (χ3n) is 5.41. The monoisotopic (exact) mass is 389 g/mol. The molecule has 2 heterocycles. The smallest absolute Gasteiger partial charge is 0.356 e. The van der Waals surface area contributed by atoms with Crippen LogP contribution in [0.25, 0.3) is 0 Å². The Morgan fingerprint density at radius 1 is 1.19 bits per heavy atom. The number of fused-ring (bicyclic) bond motifs is 1. The van der Waals surface area contributed by atoms with Gasteiger partial charge in [-0.1, -0.05) is 29.8 Å². The summed E-state index contributed by atoms with van der Waals surface area (Å²) in [5, 5.41) is 13.5. The third kappa shape index (κ3) is 3.70. The third-order valence-corrected chi connectivity index (χ3v) is 5.78. The molecule has 27 heavy (non-hydrogen) atoms. The van der Waals surface area contributed by atoms with Crippen LogP contribution in [0.1, 0.15) is 28.9 Å². The minimum absolute atomic E-state index is 0.129. The minimum Gasteiger partial charge on any atom is -0.476 e. The zero-order chi connectivity index (χ0) is 19.0. The van der Waals surface area contributed by atoms with E-state index in [0.29, 0.717) is 36.6 Å². The Kier molecular flexibility index (Phi) is 4.88. The summed E-state index contributed by atoms with van der Waals surface area (Å²) in [4.78, 5) is 25.2. The van der Waals surface area contributed by atoms with Crippen LogP contribution in [0.4, 0.5) is 4.79 Å². The van der Waals surface area contributed by atoms with Crippen molar-refractivity contribution in [1.82, 2.24) is 14.7 Å². The van der Waals surface area contributed by atoms with Gasteiger partial charge in [0.05, 0.1) is 12.7 Å². The number of carboxylic acid groups (broad SMARTS) is 1. The predicted octanol–water partition coefficient (Wildman–Crippen LogP) is 3.13. The molecule has 1 aromatic carbocycles. The number of nitrogens with zero attached hydrogens (tertiary/aromatic N) is 3. The van der Waals surface area contributed by atoms with Gasteiger partial charge in [0.25, 0.3) is 0 Å². The maximum Gasteiger partial charge on any atom is 0.356 e. The Morgan fingerprint density at radius 3 is 2.52 bits per heavy atom. The second-order valence-corrected chi connectivity index (χ2v) is 7.56. The van der Waals surface area contributed by atoms with E-state index < -0.39 is 5.97 Å². The van der Waals surface area contributed by atoms with Crippen molar-refractivity contribution < 1.29 is 19.4 Å². The van der Waals surface area contributed by atoms with Gasteiger partial charge >= 0.3 is 12.0 Å². The van der Waals surface area contributed by atoms with E-state index in [9.17, 15) is 9.59 Å². The van der Waals surface area contributed by atoms with Gasteiger partial charge < -0.3 is 14.7 Å². The topological polar surface area (TPSA) is 84.7 Å². The number of amides is 1. The lowest BCUT2D eigenvalue weighted by Crippen LogP contribution is -2.34. The second-order valence-electron chi connectivity index (χ2n) is 7.15. The highest BCUT2D eigenvalue weighted by Crippen LogP contribution is 2.40. The molecule has 0 bridgehead atoms. The lowest BCUT2D eigenvalue weighted by molar-refractivity contribution is 0.0384. The van der Waals surface area contributed by atoms with Crippen LogP contribution in [0.5, 0.6) is 0 Å². The molecule has 4 rings (SSSR count). The summed E-state index contributed by atoms with van der Waals surface area (Å²) in [6.07, 6.45) is 3.41. The highest BCUT2D eigenvalue weighted by molar-refractivity contribution is 6.31. The van der Waals surface area contributed by atoms with E-state index in [2.05, 4.69) is 5.10 Å². The molecule has 2 aromatic rings. The van der Waals surface area contributed by atoms with Crippen molar-refractivity contribution in [2.75, 3.05) is 13.1 Å². The number of rotatable bonds is 4. The van der Waals surface area contributed by atoms with Gasteiger partial charge in [0.2, 0.25) is 0 Å².